The molecule has 1 aromatic heterocycles. The molecule has 156 valence electrons. The summed E-state index contributed by atoms with van der Waals surface area (Å²) in [6, 6.07) is 19.8. The van der Waals surface area contributed by atoms with Crippen LogP contribution in [0.5, 0.6) is 0 Å². The topological polar surface area (TPSA) is 88.2 Å². The summed E-state index contributed by atoms with van der Waals surface area (Å²) >= 11 is 0. The van der Waals surface area contributed by atoms with Gasteiger partial charge in [-0.3, -0.25) is 4.79 Å². The van der Waals surface area contributed by atoms with Crippen molar-refractivity contribution in [1.82, 2.24) is 15.3 Å². The van der Waals surface area contributed by atoms with Gasteiger partial charge in [0.1, 0.15) is 12.4 Å². The molecule has 7 heteroatoms. The second-order valence-electron chi connectivity index (χ2n) is 6.96. The van der Waals surface area contributed by atoms with Crippen molar-refractivity contribution < 1.29 is 9.53 Å². The van der Waals surface area contributed by atoms with Crippen LogP contribution in [0.4, 0.5) is 17.5 Å². The SMILES string of the molecule is Cc1ccc(Nc2cc(C)nc(NCCNC(=O)COCc3ccccc3)n2)cc1. The number of benzene rings is 2. The van der Waals surface area contributed by atoms with Gasteiger partial charge in [0.15, 0.2) is 0 Å². The Morgan fingerprint density at radius 1 is 0.967 bits per heavy atom. The summed E-state index contributed by atoms with van der Waals surface area (Å²) in [5, 5.41) is 9.24. The molecule has 30 heavy (non-hydrogen) atoms. The molecule has 0 fully saturated rings. The van der Waals surface area contributed by atoms with Crippen molar-refractivity contribution in [2.45, 2.75) is 20.5 Å². The van der Waals surface area contributed by atoms with Crippen molar-refractivity contribution in [3.63, 3.8) is 0 Å². The highest BCUT2D eigenvalue weighted by Crippen LogP contribution is 2.17. The van der Waals surface area contributed by atoms with Gasteiger partial charge in [-0.15, -0.1) is 0 Å². The minimum absolute atomic E-state index is 0.0282. The highest BCUT2D eigenvalue weighted by Gasteiger charge is 2.04. The van der Waals surface area contributed by atoms with Gasteiger partial charge in [-0.05, 0) is 31.5 Å². The van der Waals surface area contributed by atoms with E-state index >= 15 is 0 Å². The third-order valence-corrected chi connectivity index (χ3v) is 4.25. The van der Waals surface area contributed by atoms with Gasteiger partial charge >= 0.3 is 0 Å². The van der Waals surface area contributed by atoms with Gasteiger partial charge in [0.25, 0.3) is 0 Å². The first-order valence-electron chi connectivity index (χ1n) is 9.90. The van der Waals surface area contributed by atoms with Crippen molar-refractivity contribution in [1.29, 1.82) is 0 Å². The summed E-state index contributed by atoms with van der Waals surface area (Å²) in [7, 11) is 0. The standard InChI is InChI=1S/C23H27N5O2/c1-17-8-10-20(11-9-17)27-21-14-18(2)26-23(28-21)25-13-12-24-22(29)16-30-15-19-6-4-3-5-7-19/h3-11,14H,12-13,15-16H2,1-2H3,(H,24,29)(H2,25,26,27,28). The van der Waals surface area contributed by atoms with E-state index in [-0.39, 0.29) is 12.5 Å². The summed E-state index contributed by atoms with van der Waals surface area (Å²) in [6.45, 7) is 5.37. The number of aryl methyl sites for hydroxylation is 2. The number of nitrogens with one attached hydrogen (secondary N) is 3. The average molecular weight is 406 g/mol. The maximum atomic E-state index is 11.9. The van der Waals surface area contributed by atoms with Gasteiger partial charge in [0, 0.05) is 30.5 Å². The number of carbonyl (C=O) groups excluding carboxylic acids is 1. The van der Waals surface area contributed by atoms with E-state index in [0.717, 1.165) is 16.9 Å². The molecule has 1 heterocycles. The molecular formula is C23H27N5O2. The molecule has 1 amide bonds. The zero-order valence-electron chi connectivity index (χ0n) is 17.3. The Morgan fingerprint density at radius 2 is 1.73 bits per heavy atom. The zero-order valence-corrected chi connectivity index (χ0v) is 17.3. The molecule has 0 saturated heterocycles. The Bertz CT molecular complexity index is 946. The highest BCUT2D eigenvalue weighted by molar-refractivity contribution is 5.77. The minimum atomic E-state index is -0.153. The maximum Gasteiger partial charge on any atom is 0.246 e. The molecule has 0 bridgehead atoms. The van der Waals surface area contributed by atoms with Crippen molar-refractivity contribution in [3.8, 4) is 0 Å². The maximum absolute atomic E-state index is 11.9. The normalized spacial score (nSPS) is 10.5. The van der Waals surface area contributed by atoms with E-state index in [0.29, 0.717) is 31.5 Å². The second kappa shape index (κ2) is 10.9. The van der Waals surface area contributed by atoms with E-state index in [1.807, 2.05) is 67.6 Å². The molecule has 7 nitrogen and oxygen atoms in total. The summed E-state index contributed by atoms with van der Waals surface area (Å²) in [5.41, 5.74) is 4.06. The molecule has 0 aliphatic rings. The Balaban J connectivity index is 1.39. The van der Waals surface area contributed by atoms with Crippen LogP contribution < -0.4 is 16.0 Å². The molecule has 3 rings (SSSR count). The molecule has 0 unspecified atom stereocenters. The molecule has 0 aliphatic heterocycles. The van der Waals surface area contributed by atoms with E-state index in [4.69, 9.17) is 4.74 Å². The summed E-state index contributed by atoms with van der Waals surface area (Å²) in [4.78, 5) is 20.7. The van der Waals surface area contributed by atoms with Crippen LogP contribution >= 0.6 is 0 Å². The number of hydrogen-bond donors (Lipinski definition) is 3. The smallest absolute Gasteiger partial charge is 0.246 e. The minimum Gasteiger partial charge on any atom is -0.367 e. The Labute approximate surface area is 176 Å². The Hall–Kier alpha value is -3.45. The van der Waals surface area contributed by atoms with Crippen LogP contribution in [0.25, 0.3) is 0 Å². The third kappa shape index (κ3) is 7.18. The van der Waals surface area contributed by atoms with Crippen molar-refractivity contribution in [3.05, 3.63) is 77.5 Å². The fourth-order valence-corrected chi connectivity index (χ4v) is 2.76. The molecule has 3 aromatic rings. The Kier molecular flexibility index (Phi) is 7.74. The van der Waals surface area contributed by atoms with Crippen molar-refractivity contribution in [2.75, 3.05) is 30.3 Å². The lowest BCUT2D eigenvalue weighted by Gasteiger charge is -2.11. The number of aromatic nitrogens is 2. The average Bonchev–Trinajstić information content (AvgIpc) is 2.73. The summed E-state index contributed by atoms with van der Waals surface area (Å²) in [6.07, 6.45) is 0. The largest absolute Gasteiger partial charge is 0.367 e. The monoisotopic (exact) mass is 405 g/mol. The molecule has 0 aliphatic carbocycles. The van der Waals surface area contributed by atoms with Crippen LogP contribution in [0.15, 0.2) is 60.7 Å². The predicted molar refractivity (Wildman–Crippen MR) is 119 cm³/mol. The number of carbonyl (C=O) groups is 1. The van der Waals surface area contributed by atoms with Gasteiger partial charge < -0.3 is 20.7 Å². The fourth-order valence-electron chi connectivity index (χ4n) is 2.76. The first-order valence-corrected chi connectivity index (χ1v) is 9.90. The highest BCUT2D eigenvalue weighted by atomic mass is 16.5. The first-order chi connectivity index (χ1) is 14.6. The van der Waals surface area contributed by atoms with E-state index in [1.54, 1.807) is 0 Å². The summed E-state index contributed by atoms with van der Waals surface area (Å²) in [5.74, 6) is 1.08. The third-order valence-electron chi connectivity index (χ3n) is 4.25. The number of amides is 1. The second-order valence-corrected chi connectivity index (χ2v) is 6.96. The first kappa shape index (κ1) is 21.3. The van der Waals surface area contributed by atoms with Crippen LogP contribution in [0.1, 0.15) is 16.8 Å². The van der Waals surface area contributed by atoms with Gasteiger partial charge in [-0.25, -0.2) is 4.98 Å². The van der Waals surface area contributed by atoms with E-state index < -0.39 is 0 Å². The number of ether oxygens (including phenoxy) is 1. The lowest BCUT2D eigenvalue weighted by molar-refractivity contribution is -0.126. The fraction of sp³-hybridized carbons (Fsp3) is 0.261. The van der Waals surface area contributed by atoms with Crippen molar-refractivity contribution >= 4 is 23.4 Å². The molecular weight excluding hydrogens is 378 g/mol. The molecule has 0 saturated carbocycles. The van der Waals surface area contributed by atoms with Gasteiger partial charge in [-0.1, -0.05) is 48.0 Å². The van der Waals surface area contributed by atoms with Gasteiger partial charge in [0.05, 0.1) is 6.61 Å². The lowest BCUT2D eigenvalue weighted by atomic mass is 10.2. The Morgan fingerprint density at radius 3 is 2.50 bits per heavy atom. The van der Waals surface area contributed by atoms with Crippen LogP contribution in [-0.2, 0) is 16.1 Å². The number of rotatable bonds is 10. The molecule has 0 atom stereocenters. The summed E-state index contributed by atoms with van der Waals surface area (Å²) < 4.78 is 5.43. The molecule has 2 aromatic carbocycles. The van der Waals surface area contributed by atoms with Crippen molar-refractivity contribution in [2.24, 2.45) is 0 Å². The molecule has 0 spiro atoms. The van der Waals surface area contributed by atoms with Crippen LogP contribution in [0.2, 0.25) is 0 Å². The zero-order chi connectivity index (χ0) is 21.2. The lowest BCUT2D eigenvalue weighted by Crippen LogP contribution is -2.32. The number of nitrogens with zero attached hydrogens (tertiary/aromatic N) is 2. The van der Waals surface area contributed by atoms with E-state index in [2.05, 4.69) is 32.8 Å². The van der Waals surface area contributed by atoms with E-state index in [1.165, 1.54) is 5.56 Å². The molecule has 0 radical (unpaired) electrons. The van der Waals surface area contributed by atoms with Crippen LogP contribution in [0.3, 0.4) is 0 Å². The van der Waals surface area contributed by atoms with Gasteiger partial charge in [0.2, 0.25) is 11.9 Å². The number of hydrogen-bond acceptors (Lipinski definition) is 6. The quantitative estimate of drug-likeness (QED) is 0.447. The van der Waals surface area contributed by atoms with E-state index in [9.17, 15) is 4.79 Å². The van der Waals surface area contributed by atoms with Gasteiger partial charge in [-0.2, -0.15) is 4.98 Å². The number of anilines is 3. The van der Waals surface area contributed by atoms with Crippen LogP contribution in [-0.4, -0.2) is 35.6 Å². The predicted octanol–water partition coefficient (Wildman–Crippen LogP) is 3.58. The molecule has 3 N–H and O–H groups in total. The van der Waals surface area contributed by atoms with Crippen LogP contribution in [0, 0.1) is 13.8 Å².